The summed E-state index contributed by atoms with van der Waals surface area (Å²) in [6, 6.07) is 9.01. The number of aromatic nitrogens is 1. The van der Waals surface area contributed by atoms with Crippen molar-refractivity contribution in [1.29, 1.82) is 0 Å². The molecule has 0 spiro atoms. The summed E-state index contributed by atoms with van der Waals surface area (Å²) in [7, 11) is 0. The Balaban J connectivity index is 1.88. The van der Waals surface area contributed by atoms with Gasteiger partial charge in [-0.3, -0.25) is 9.59 Å². The molecule has 1 aliphatic heterocycles. The van der Waals surface area contributed by atoms with Crippen molar-refractivity contribution >= 4 is 11.9 Å². The number of amides is 1. The molecule has 1 aromatic carbocycles. The summed E-state index contributed by atoms with van der Waals surface area (Å²) in [4.78, 5) is 30.1. The fourth-order valence-corrected chi connectivity index (χ4v) is 3.19. The zero-order valence-corrected chi connectivity index (χ0v) is 13.7. The first-order valence-corrected chi connectivity index (χ1v) is 8.05. The van der Waals surface area contributed by atoms with E-state index in [1.165, 1.54) is 0 Å². The van der Waals surface area contributed by atoms with Gasteiger partial charge in [-0.2, -0.15) is 0 Å². The Morgan fingerprint density at radius 2 is 2.00 bits per heavy atom. The van der Waals surface area contributed by atoms with Crippen LogP contribution < -0.4 is 0 Å². The number of likely N-dealkylation sites (tertiary alicyclic amines) is 1. The highest BCUT2D eigenvalue weighted by molar-refractivity contribution is 5.93. The Hall–Kier alpha value is -2.63. The first kappa shape index (κ1) is 16.2. The molecule has 6 nitrogen and oxygen atoms in total. The Bertz CT molecular complexity index is 754. The summed E-state index contributed by atoms with van der Waals surface area (Å²) in [5, 5.41) is 9.31. The highest BCUT2D eigenvalue weighted by Crippen LogP contribution is 2.28. The highest BCUT2D eigenvalue weighted by Gasteiger charge is 2.37. The number of aliphatic carboxylic acids is 1. The summed E-state index contributed by atoms with van der Waals surface area (Å²) < 4.78 is 5.71. The third-order valence-corrected chi connectivity index (χ3v) is 4.58. The van der Waals surface area contributed by atoms with E-state index in [1.54, 1.807) is 18.7 Å². The molecule has 6 heteroatoms. The molecule has 1 aliphatic rings. The second-order valence-electron chi connectivity index (χ2n) is 6.13. The van der Waals surface area contributed by atoms with E-state index < -0.39 is 11.9 Å². The van der Waals surface area contributed by atoms with Gasteiger partial charge in [0.2, 0.25) is 11.7 Å². The molecule has 1 amide bonds. The van der Waals surface area contributed by atoms with E-state index in [-0.39, 0.29) is 17.7 Å². The number of hydrogen-bond donors (Lipinski definition) is 1. The van der Waals surface area contributed by atoms with Gasteiger partial charge >= 0.3 is 5.97 Å². The smallest absolute Gasteiger partial charge is 0.308 e. The van der Waals surface area contributed by atoms with Crippen molar-refractivity contribution in [2.75, 3.05) is 6.54 Å². The number of carboxylic acid groups (broad SMARTS) is 1. The Morgan fingerprint density at radius 3 is 2.67 bits per heavy atom. The van der Waals surface area contributed by atoms with Crippen LogP contribution in [-0.2, 0) is 4.79 Å². The van der Waals surface area contributed by atoms with E-state index in [4.69, 9.17) is 4.42 Å². The molecular weight excluding hydrogens is 308 g/mol. The van der Waals surface area contributed by atoms with E-state index in [0.717, 1.165) is 5.56 Å². The Labute approximate surface area is 140 Å². The van der Waals surface area contributed by atoms with Gasteiger partial charge in [-0.25, -0.2) is 4.98 Å². The second-order valence-corrected chi connectivity index (χ2v) is 6.13. The first-order valence-electron chi connectivity index (χ1n) is 8.05. The minimum Gasteiger partial charge on any atom is -0.481 e. The molecule has 1 fully saturated rings. The molecule has 1 N–H and O–H groups in total. The van der Waals surface area contributed by atoms with Crippen LogP contribution in [0.3, 0.4) is 0 Å². The number of oxazole rings is 1. The summed E-state index contributed by atoms with van der Waals surface area (Å²) in [5.74, 6) is -1.11. The van der Waals surface area contributed by atoms with Crippen LogP contribution in [0.2, 0.25) is 0 Å². The summed E-state index contributed by atoms with van der Waals surface area (Å²) in [5.41, 5.74) is 1.32. The van der Waals surface area contributed by atoms with Crippen molar-refractivity contribution in [3.8, 4) is 11.5 Å². The topological polar surface area (TPSA) is 83.6 Å². The number of piperidine rings is 1. The van der Waals surface area contributed by atoms with Crippen LogP contribution in [-0.4, -0.2) is 39.5 Å². The average Bonchev–Trinajstić information content (AvgIpc) is 2.97. The summed E-state index contributed by atoms with van der Waals surface area (Å²) >= 11 is 0. The number of carbonyl (C=O) groups is 2. The lowest BCUT2D eigenvalue weighted by Gasteiger charge is -2.36. The second kappa shape index (κ2) is 6.47. The normalized spacial score (nSPS) is 20.8. The van der Waals surface area contributed by atoms with Crippen LogP contribution >= 0.6 is 0 Å². The maximum atomic E-state index is 12.8. The molecule has 3 rings (SSSR count). The predicted molar refractivity (Wildman–Crippen MR) is 87.5 cm³/mol. The van der Waals surface area contributed by atoms with Gasteiger partial charge in [-0.1, -0.05) is 18.2 Å². The largest absolute Gasteiger partial charge is 0.481 e. The SMILES string of the molecule is Cc1nc(-c2ccccc2)oc1C(=O)N1CCC[C@@H](C(=O)O)[C@H]1C. The lowest BCUT2D eigenvalue weighted by atomic mass is 9.90. The van der Waals surface area contributed by atoms with Gasteiger partial charge in [0.1, 0.15) is 0 Å². The predicted octanol–water partition coefficient (Wildman–Crippen LogP) is 2.98. The van der Waals surface area contributed by atoms with Gasteiger partial charge in [-0.05, 0) is 38.8 Å². The van der Waals surface area contributed by atoms with Crippen LogP contribution in [0.15, 0.2) is 34.7 Å². The highest BCUT2D eigenvalue weighted by atomic mass is 16.4. The monoisotopic (exact) mass is 328 g/mol. The number of aryl methyl sites for hydroxylation is 1. The van der Waals surface area contributed by atoms with Crippen LogP contribution in [0.4, 0.5) is 0 Å². The van der Waals surface area contributed by atoms with Crippen molar-refractivity contribution in [2.45, 2.75) is 32.7 Å². The molecule has 2 atom stereocenters. The standard InChI is InChI=1S/C18H20N2O4/c1-11-15(24-16(19-11)13-7-4-3-5-8-13)17(21)20-10-6-9-14(12(20)2)18(22)23/h3-5,7-8,12,14H,6,9-10H2,1-2H3,(H,22,23)/t12-,14-/m1/s1. The van der Waals surface area contributed by atoms with E-state index in [9.17, 15) is 14.7 Å². The summed E-state index contributed by atoms with van der Waals surface area (Å²) in [6.45, 7) is 4.04. The third kappa shape index (κ3) is 2.91. The number of rotatable bonds is 3. The van der Waals surface area contributed by atoms with Gasteiger partial charge in [0, 0.05) is 18.2 Å². The van der Waals surface area contributed by atoms with E-state index in [0.29, 0.717) is 31.0 Å². The molecule has 2 aromatic rings. The van der Waals surface area contributed by atoms with Crippen LogP contribution in [0.1, 0.15) is 36.0 Å². The van der Waals surface area contributed by atoms with Gasteiger partial charge in [-0.15, -0.1) is 0 Å². The maximum Gasteiger partial charge on any atom is 0.308 e. The number of nitrogens with zero attached hydrogens (tertiary/aromatic N) is 2. The average molecular weight is 328 g/mol. The Morgan fingerprint density at radius 1 is 1.29 bits per heavy atom. The molecule has 0 bridgehead atoms. The summed E-state index contributed by atoms with van der Waals surface area (Å²) in [6.07, 6.45) is 1.26. The van der Waals surface area contributed by atoms with Crippen LogP contribution in [0, 0.1) is 12.8 Å². The van der Waals surface area contributed by atoms with Crippen LogP contribution in [0.25, 0.3) is 11.5 Å². The zero-order valence-electron chi connectivity index (χ0n) is 13.7. The molecule has 1 aromatic heterocycles. The molecule has 126 valence electrons. The number of hydrogen-bond acceptors (Lipinski definition) is 4. The Kier molecular flexibility index (Phi) is 4.38. The van der Waals surface area contributed by atoms with Crippen molar-refractivity contribution < 1.29 is 19.1 Å². The molecule has 0 aliphatic carbocycles. The number of carboxylic acids is 1. The van der Waals surface area contributed by atoms with Crippen LogP contribution in [0.5, 0.6) is 0 Å². The molecule has 0 saturated carbocycles. The fraction of sp³-hybridized carbons (Fsp3) is 0.389. The maximum absolute atomic E-state index is 12.8. The van der Waals surface area contributed by atoms with Crippen molar-refractivity contribution in [2.24, 2.45) is 5.92 Å². The van der Waals surface area contributed by atoms with E-state index in [1.807, 2.05) is 30.3 Å². The van der Waals surface area contributed by atoms with Crippen molar-refractivity contribution in [3.05, 3.63) is 41.8 Å². The van der Waals surface area contributed by atoms with Gasteiger partial charge in [0.05, 0.1) is 11.6 Å². The minimum atomic E-state index is -0.862. The van der Waals surface area contributed by atoms with Gasteiger partial charge < -0.3 is 14.4 Å². The molecular formula is C18H20N2O4. The van der Waals surface area contributed by atoms with E-state index in [2.05, 4.69) is 4.98 Å². The van der Waals surface area contributed by atoms with E-state index >= 15 is 0 Å². The lowest BCUT2D eigenvalue weighted by molar-refractivity contribution is -0.145. The molecule has 2 heterocycles. The van der Waals surface area contributed by atoms with Crippen molar-refractivity contribution in [3.63, 3.8) is 0 Å². The quantitative estimate of drug-likeness (QED) is 0.936. The molecule has 24 heavy (non-hydrogen) atoms. The number of carbonyl (C=O) groups excluding carboxylic acids is 1. The molecule has 0 radical (unpaired) electrons. The number of benzene rings is 1. The molecule has 0 unspecified atom stereocenters. The van der Waals surface area contributed by atoms with Crippen molar-refractivity contribution in [1.82, 2.24) is 9.88 Å². The lowest BCUT2D eigenvalue weighted by Crippen LogP contribution is -2.49. The zero-order chi connectivity index (χ0) is 17.3. The first-order chi connectivity index (χ1) is 11.5. The minimum absolute atomic E-state index is 0.187. The fourth-order valence-electron chi connectivity index (χ4n) is 3.19. The van der Waals surface area contributed by atoms with Gasteiger partial charge in [0.25, 0.3) is 5.91 Å². The third-order valence-electron chi connectivity index (χ3n) is 4.58. The van der Waals surface area contributed by atoms with Gasteiger partial charge in [0.15, 0.2) is 0 Å². The molecule has 1 saturated heterocycles.